The Morgan fingerprint density at radius 2 is 1.89 bits per heavy atom. The average molecular weight is 383 g/mol. The third-order valence-corrected chi connectivity index (χ3v) is 4.70. The highest BCUT2D eigenvalue weighted by Gasteiger charge is 2.39. The van der Waals surface area contributed by atoms with Crippen LogP contribution in [0.25, 0.3) is 0 Å². The van der Waals surface area contributed by atoms with Crippen molar-refractivity contribution in [3.8, 4) is 0 Å². The lowest BCUT2D eigenvalue weighted by Crippen LogP contribution is -2.13. The average Bonchev–Trinajstić information content (AvgIpc) is 3.00. The number of nitrogens with one attached hydrogen (secondary N) is 1. The fourth-order valence-corrected chi connectivity index (χ4v) is 3.41. The molecule has 1 aliphatic rings. The van der Waals surface area contributed by atoms with E-state index in [0.29, 0.717) is 43.5 Å². The zero-order valence-electron chi connectivity index (χ0n) is 14.8. The molecule has 27 heavy (non-hydrogen) atoms. The minimum absolute atomic E-state index is 0.124. The van der Waals surface area contributed by atoms with Crippen LogP contribution >= 0.6 is 0 Å². The third-order valence-electron chi connectivity index (χ3n) is 4.70. The minimum Gasteiger partial charge on any atom is -0.324 e. The van der Waals surface area contributed by atoms with Gasteiger partial charge >= 0.3 is 6.18 Å². The van der Waals surface area contributed by atoms with Crippen molar-refractivity contribution in [3.63, 3.8) is 0 Å². The Hall–Kier alpha value is -2.38. The van der Waals surface area contributed by atoms with Crippen molar-refractivity contribution < 1.29 is 22.4 Å². The molecule has 1 N–H and O–H groups in total. The molecule has 0 spiro atoms. The lowest BCUT2D eigenvalue weighted by molar-refractivity contribution is -0.142. The molecular weight excluding hydrogens is 362 g/mol. The maximum atomic E-state index is 13.5. The van der Waals surface area contributed by atoms with Gasteiger partial charge in [-0.05, 0) is 50.7 Å². The summed E-state index contributed by atoms with van der Waals surface area (Å²) in [4.78, 5) is 11.9. The van der Waals surface area contributed by atoms with Crippen LogP contribution in [0, 0.1) is 5.82 Å². The maximum absolute atomic E-state index is 13.5. The fourth-order valence-electron chi connectivity index (χ4n) is 3.41. The molecule has 0 unspecified atom stereocenters. The van der Waals surface area contributed by atoms with Crippen molar-refractivity contribution in [2.45, 2.75) is 57.7 Å². The van der Waals surface area contributed by atoms with Gasteiger partial charge in [-0.1, -0.05) is 12.1 Å². The molecule has 0 atom stereocenters. The van der Waals surface area contributed by atoms with E-state index in [-0.39, 0.29) is 18.0 Å². The number of halogens is 4. The zero-order valence-corrected chi connectivity index (χ0v) is 14.8. The smallest absolute Gasteiger partial charge is 0.324 e. The number of anilines is 1. The van der Waals surface area contributed by atoms with Gasteiger partial charge in [0.1, 0.15) is 5.82 Å². The first-order chi connectivity index (χ1) is 12.9. The first-order valence-electron chi connectivity index (χ1n) is 9.06. The number of amides is 1. The number of unbranched alkanes of at least 4 members (excludes halogenated alkanes) is 1. The Kier molecular flexibility index (Phi) is 5.82. The minimum atomic E-state index is -4.44. The standard InChI is InChI=1S/C19H21F4N3O/c20-14-8-2-3-9-15(14)24-17(27)11-5-6-12-26-16-10-4-1-7-13(16)18(25-26)19(21,22)23/h2-3,8-9H,1,4-7,10-12H2,(H,24,27). The van der Waals surface area contributed by atoms with Gasteiger partial charge in [-0.2, -0.15) is 18.3 Å². The van der Waals surface area contributed by atoms with Crippen LogP contribution in [0.1, 0.15) is 49.1 Å². The van der Waals surface area contributed by atoms with E-state index in [0.717, 1.165) is 12.8 Å². The van der Waals surface area contributed by atoms with E-state index in [9.17, 15) is 22.4 Å². The summed E-state index contributed by atoms with van der Waals surface area (Å²) in [6.07, 6.45) is -0.636. The van der Waals surface area contributed by atoms with Crippen molar-refractivity contribution in [1.29, 1.82) is 0 Å². The molecule has 1 aliphatic carbocycles. The van der Waals surface area contributed by atoms with Crippen LogP contribution in [0.2, 0.25) is 0 Å². The number of para-hydroxylation sites is 1. The van der Waals surface area contributed by atoms with Crippen LogP contribution < -0.4 is 5.32 Å². The number of hydrogen-bond donors (Lipinski definition) is 1. The summed E-state index contributed by atoms with van der Waals surface area (Å²) in [6, 6.07) is 5.89. The van der Waals surface area contributed by atoms with E-state index in [1.54, 1.807) is 6.07 Å². The second-order valence-electron chi connectivity index (χ2n) is 6.69. The molecule has 0 aliphatic heterocycles. The molecule has 0 radical (unpaired) electrons. The normalized spacial score (nSPS) is 14.1. The zero-order chi connectivity index (χ0) is 19.4. The number of carbonyl (C=O) groups excluding carboxylic acids is 1. The summed E-state index contributed by atoms with van der Waals surface area (Å²) in [5.41, 5.74) is 0.350. The molecule has 0 saturated carbocycles. The van der Waals surface area contributed by atoms with Gasteiger partial charge < -0.3 is 5.32 Å². The number of carbonyl (C=O) groups is 1. The van der Waals surface area contributed by atoms with E-state index >= 15 is 0 Å². The SMILES string of the molecule is O=C(CCCCn1nc(C(F)(F)F)c2c1CCCC2)Nc1ccccc1F. The molecule has 0 saturated heterocycles. The van der Waals surface area contributed by atoms with Gasteiger partial charge in [-0.25, -0.2) is 4.39 Å². The predicted octanol–water partition coefficient (Wildman–Crippen LogP) is 4.73. The highest BCUT2D eigenvalue weighted by Crippen LogP contribution is 2.35. The summed E-state index contributed by atoms with van der Waals surface area (Å²) in [7, 11) is 0. The van der Waals surface area contributed by atoms with E-state index < -0.39 is 17.7 Å². The van der Waals surface area contributed by atoms with E-state index in [2.05, 4.69) is 10.4 Å². The Balaban J connectivity index is 1.54. The van der Waals surface area contributed by atoms with Gasteiger partial charge in [0.15, 0.2) is 5.69 Å². The first kappa shape index (κ1) is 19.4. The molecule has 1 aromatic carbocycles. The molecule has 1 amide bonds. The Morgan fingerprint density at radius 3 is 2.63 bits per heavy atom. The van der Waals surface area contributed by atoms with Crippen LogP contribution in [0.5, 0.6) is 0 Å². The number of rotatable bonds is 6. The number of alkyl halides is 3. The summed E-state index contributed by atoms with van der Waals surface area (Å²) >= 11 is 0. The van der Waals surface area contributed by atoms with Gasteiger partial charge in [0.2, 0.25) is 5.91 Å². The van der Waals surface area contributed by atoms with E-state index in [4.69, 9.17) is 0 Å². The van der Waals surface area contributed by atoms with Crippen LogP contribution in [0.4, 0.5) is 23.2 Å². The molecule has 8 heteroatoms. The second-order valence-corrected chi connectivity index (χ2v) is 6.69. The molecule has 1 aromatic heterocycles. The molecule has 0 bridgehead atoms. The summed E-state index contributed by atoms with van der Waals surface area (Å²) in [6.45, 7) is 0.339. The Morgan fingerprint density at radius 1 is 1.15 bits per heavy atom. The molecule has 0 fully saturated rings. The summed E-state index contributed by atoms with van der Waals surface area (Å²) in [5, 5.41) is 6.30. The molecular formula is C19H21F4N3O. The lowest BCUT2D eigenvalue weighted by Gasteiger charge is -2.14. The monoisotopic (exact) mass is 383 g/mol. The van der Waals surface area contributed by atoms with Crippen molar-refractivity contribution in [2.24, 2.45) is 0 Å². The quantitative estimate of drug-likeness (QED) is 0.579. The number of fused-ring (bicyclic) bond motifs is 1. The fraction of sp³-hybridized carbons (Fsp3) is 0.474. The number of hydrogen-bond acceptors (Lipinski definition) is 2. The highest BCUT2D eigenvalue weighted by molar-refractivity contribution is 5.90. The number of aryl methyl sites for hydroxylation is 1. The maximum Gasteiger partial charge on any atom is 0.435 e. The lowest BCUT2D eigenvalue weighted by atomic mass is 9.95. The second kappa shape index (κ2) is 8.10. The van der Waals surface area contributed by atoms with E-state index in [1.807, 2.05) is 0 Å². The third kappa shape index (κ3) is 4.67. The van der Waals surface area contributed by atoms with Crippen molar-refractivity contribution >= 4 is 11.6 Å². The van der Waals surface area contributed by atoms with Crippen molar-refractivity contribution in [2.75, 3.05) is 5.32 Å². The Bertz CT molecular complexity index is 814. The van der Waals surface area contributed by atoms with Crippen LogP contribution in [-0.4, -0.2) is 15.7 Å². The molecule has 2 aromatic rings. The predicted molar refractivity (Wildman–Crippen MR) is 92.8 cm³/mol. The number of nitrogens with zero attached hydrogens (tertiary/aromatic N) is 2. The van der Waals surface area contributed by atoms with Crippen LogP contribution in [0.15, 0.2) is 24.3 Å². The van der Waals surface area contributed by atoms with Crippen LogP contribution in [-0.2, 0) is 30.4 Å². The first-order valence-corrected chi connectivity index (χ1v) is 9.06. The Labute approximate surface area is 154 Å². The largest absolute Gasteiger partial charge is 0.435 e. The number of benzene rings is 1. The number of aromatic nitrogens is 2. The molecule has 3 rings (SSSR count). The summed E-state index contributed by atoms with van der Waals surface area (Å²) < 4.78 is 54.4. The van der Waals surface area contributed by atoms with Crippen LogP contribution in [0.3, 0.4) is 0 Å². The van der Waals surface area contributed by atoms with Gasteiger partial charge in [0, 0.05) is 24.2 Å². The van der Waals surface area contributed by atoms with E-state index in [1.165, 1.54) is 22.9 Å². The molecule has 146 valence electrons. The van der Waals surface area contributed by atoms with Crippen molar-refractivity contribution in [1.82, 2.24) is 9.78 Å². The van der Waals surface area contributed by atoms with Gasteiger partial charge in [-0.3, -0.25) is 9.48 Å². The van der Waals surface area contributed by atoms with Gasteiger partial charge in [0.05, 0.1) is 5.69 Å². The van der Waals surface area contributed by atoms with Gasteiger partial charge in [-0.15, -0.1) is 0 Å². The highest BCUT2D eigenvalue weighted by atomic mass is 19.4. The topological polar surface area (TPSA) is 46.9 Å². The summed E-state index contributed by atoms with van der Waals surface area (Å²) in [5.74, 6) is -0.827. The van der Waals surface area contributed by atoms with Crippen molar-refractivity contribution in [3.05, 3.63) is 47.0 Å². The molecule has 1 heterocycles. The molecule has 4 nitrogen and oxygen atoms in total. The van der Waals surface area contributed by atoms with Gasteiger partial charge in [0.25, 0.3) is 0 Å².